The molecule has 0 spiro atoms. The van der Waals surface area contributed by atoms with Crippen molar-refractivity contribution < 1.29 is 9.13 Å². The summed E-state index contributed by atoms with van der Waals surface area (Å²) in [5.74, 6) is 0.170. The van der Waals surface area contributed by atoms with Gasteiger partial charge in [-0.25, -0.2) is 9.37 Å². The van der Waals surface area contributed by atoms with Gasteiger partial charge in [0.1, 0.15) is 17.3 Å². The molecule has 3 heterocycles. The van der Waals surface area contributed by atoms with Crippen LogP contribution in [-0.4, -0.2) is 35.9 Å². The van der Waals surface area contributed by atoms with Crippen molar-refractivity contribution in [2.24, 2.45) is 7.05 Å². The van der Waals surface area contributed by atoms with Crippen LogP contribution in [0.15, 0.2) is 45.8 Å². The Kier molecular flexibility index (Phi) is 4.84. The van der Waals surface area contributed by atoms with Crippen molar-refractivity contribution in [3.63, 3.8) is 0 Å². The molecule has 2 aromatic heterocycles. The number of nitrogens with zero attached hydrogens (tertiary/aromatic N) is 3. The Bertz CT molecular complexity index is 1050. The van der Waals surface area contributed by atoms with Gasteiger partial charge in [-0.3, -0.25) is 4.79 Å². The van der Waals surface area contributed by atoms with E-state index in [0.717, 1.165) is 24.2 Å². The lowest BCUT2D eigenvalue weighted by atomic mass is 10.2. The number of hydrogen-bond donors (Lipinski definition) is 1. The number of aromatic nitrogens is 2. The van der Waals surface area contributed by atoms with Crippen molar-refractivity contribution in [3.8, 4) is 0 Å². The molecule has 0 bridgehead atoms. The maximum Gasteiger partial charge on any atom is 0.274 e. The van der Waals surface area contributed by atoms with Crippen LogP contribution >= 0.6 is 15.9 Å². The van der Waals surface area contributed by atoms with Gasteiger partial charge in [-0.1, -0.05) is 0 Å². The molecule has 0 unspecified atom stereocenters. The van der Waals surface area contributed by atoms with Crippen LogP contribution < -0.4 is 15.8 Å². The molecule has 0 atom stereocenters. The number of halogens is 2. The molecule has 3 aromatic rings. The fourth-order valence-corrected chi connectivity index (χ4v) is 3.52. The lowest BCUT2D eigenvalue weighted by Gasteiger charge is -2.28. The van der Waals surface area contributed by atoms with Gasteiger partial charge in [0.15, 0.2) is 0 Å². The van der Waals surface area contributed by atoms with Gasteiger partial charge in [0.2, 0.25) is 0 Å². The Morgan fingerprint density at radius 1 is 1.22 bits per heavy atom. The number of anilines is 3. The number of rotatable bonds is 3. The molecule has 0 amide bonds. The van der Waals surface area contributed by atoms with Crippen molar-refractivity contribution in [1.82, 2.24) is 9.55 Å². The lowest BCUT2D eigenvalue weighted by molar-refractivity contribution is 0.122. The summed E-state index contributed by atoms with van der Waals surface area (Å²) in [7, 11) is 1.62. The van der Waals surface area contributed by atoms with E-state index < -0.39 is 5.82 Å². The second-order valence-electron chi connectivity index (χ2n) is 6.37. The van der Waals surface area contributed by atoms with Crippen molar-refractivity contribution in [2.75, 3.05) is 36.5 Å². The molecule has 0 aliphatic carbocycles. The van der Waals surface area contributed by atoms with E-state index in [0.29, 0.717) is 34.7 Å². The molecule has 140 valence electrons. The van der Waals surface area contributed by atoms with Gasteiger partial charge in [-0.05, 0) is 46.3 Å². The molecule has 0 radical (unpaired) electrons. The number of pyridine rings is 2. The number of aryl methyl sites for hydroxylation is 1. The average Bonchev–Trinajstić information content (AvgIpc) is 2.69. The third kappa shape index (κ3) is 3.54. The third-order valence-electron chi connectivity index (χ3n) is 4.65. The summed E-state index contributed by atoms with van der Waals surface area (Å²) >= 11 is 3.19. The molecule has 1 saturated heterocycles. The number of ether oxygens (including phenoxy) is 1. The van der Waals surface area contributed by atoms with E-state index in [-0.39, 0.29) is 5.56 Å². The van der Waals surface area contributed by atoms with Crippen LogP contribution in [0.1, 0.15) is 0 Å². The second-order valence-corrected chi connectivity index (χ2v) is 7.23. The fraction of sp³-hybridized carbons (Fsp3) is 0.263. The molecule has 1 aliphatic heterocycles. The van der Waals surface area contributed by atoms with Crippen LogP contribution in [0, 0.1) is 5.82 Å². The van der Waals surface area contributed by atoms with Crippen LogP contribution in [-0.2, 0) is 11.8 Å². The Morgan fingerprint density at radius 2 is 2.00 bits per heavy atom. The summed E-state index contributed by atoms with van der Waals surface area (Å²) in [6, 6.07) is 8.52. The quantitative estimate of drug-likeness (QED) is 0.686. The minimum absolute atomic E-state index is 0.247. The monoisotopic (exact) mass is 432 g/mol. The predicted molar refractivity (Wildman–Crippen MR) is 107 cm³/mol. The molecule has 1 fully saturated rings. The van der Waals surface area contributed by atoms with Gasteiger partial charge < -0.3 is 19.5 Å². The first-order valence-electron chi connectivity index (χ1n) is 8.57. The van der Waals surface area contributed by atoms with E-state index in [1.54, 1.807) is 25.4 Å². The molecule has 0 saturated carbocycles. The SMILES string of the molecule is Cn1c(=O)c(Nc2ccc(N3CCOCC3)cn2)cc2cc(Br)c(F)cc21. The molecule has 1 aliphatic rings. The van der Waals surface area contributed by atoms with Crippen LogP contribution in [0.3, 0.4) is 0 Å². The van der Waals surface area contributed by atoms with Gasteiger partial charge in [0, 0.05) is 25.5 Å². The van der Waals surface area contributed by atoms with E-state index in [2.05, 4.69) is 31.1 Å². The summed E-state index contributed by atoms with van der Waals surface area (Å²) in [5, 5.41) is 3.82. The smallest absolute Gasteiger partial charge is 0.274 e. The first-order valence-corrected chi connectivity index (χ1v) is 9.37. The molecule has 1 N–H and O–H groups in total. The molecule has 8 heteroatoms. The Morgan fingerprint density at radius 3 is 2.70 bits per heavy atom. The summed E-state index contributed by atoms with van der Waals surface area (Å²) in [4.78, 5) is 19.2. The zero-order valence-corrected chi connectivity index (χ0v) is 16.3. The van der Waals surface area contributed by atoms with E-state index in [1.807, 2.05) is 12.1 Å². The normalized spacial score (nSPS) is 14.6. The molecule has 27 heavy (non-hydrogen) atoms. The van der Waals surface area contributed by atoms with Gasteiger partial charge >= 0.3 is 0 Å². The minimum atomic E-state index is -0.404. The summed E-state index contributed by atoms with van der Waals surface area (Å²) in [6.07, 6.45) is 1.78. The number of fused-ring (bicyclic) bond motifs is 1. The van der Waals surface area contributed by atoms with Crippen LogP contribution in [0.4, 0.5) is 21.6 Å². The first kappa shape index (κ1) is 17.9. The predicted octanol–water partition coefficient (Wildman–Crippen LogP) is 3.42. The van der Waals surface area contributed by atoms with Crippen molar-refractivity contribution in [1.29, 1.82) is 0 Å². The summed E-state index contributed by atoms with van der Waals surface area (Å²) < 4.78 is 20.9. The Labute approximate surface area is 163 Å². The molecular weight excluding hydrogens is 415 g/mol. The van der Waals surface area contributed by atoms with Crippen LogP contribution in [0.5, 0.6) is 0 Å². The van der Waals surface area contributed by atoms with E-state index in [1.165, 1.54) is 10.6 Å². The highest BCUT2D eigenvalue weighted by atomic mass is 79.9. The third-order valence-corrected chi connectivity index (χ3v) is 5.26. The van der Waals surface area contributed by atoms with Crippen molar-refractivity contribution >= 4 is 44.0 Å². The molecule has 1 aromatic carbocycles. The van der Waals surface area contributed by atoms with Crippen LogP contribution in [0.2, 0.25) is 0 Å². The highest BCUT2D eigenvalue weighted by molar-refractivity contribution is 9.10. The number of benzene rings is 1. The highest BCUT2D eigenvalue weighted by Crippen LogP contribution is 2.25. The van der Waals surface area contributed by atoms with Gasteiger partial charge in [-0.2, -0.15) is 0 Å². The van der Waals surface area contributed by atoms with Gasteiger partial charge in [0.25, 0.3) is 5.56 Å². The number of morpholine rings is 1. The van der Waals surface area contributed by atoms with E-state index in [9.17, 15) is 9.18 Å². The van der Waals surface area contributed by atoms with Gasteiger partial charge in [-0.15, -0.1) is 0 Å². The number of hydrogen-bond acceptors (Lipinski definition) is 5. The standard InChI is InChI=1S/C19H18BrFN4O2/c1-24-17-10-15(21)14(20)8-12(17)9-16(19(24)26)23-18-3-2-13(11-22-18)25-4-6-27-7-5-25/h2-3,8-11H,4-7H2,1H3,(H,22,23). The summed E-state index contributed by atoms with van der Waals surface area (Å²) in [5.41, 5.74) is 1.69. The van der Waals surface area contributed by atoms with E-state index >= 15 is 0 Å². The molecule has 4 rings (SSSR count). The topological polar surface area (TPSA) is 59.4 Å². The lowest BCUT2D eigenvalue weighted by Crippen LogP contribution is -2.36. The second kappa shape index (κ2) is 7.28. The Hall–Kier alpha value is -2.45. The Balaban J connectivity index is 1.64. The minimum Gasteiger partial charge on any atom is -0.378 e. The highest BCUT2D eigenvalue weighted by Gasteiger charge is 2.13. The maximum absolute atomic E-state index is 13.8. The zero-order valence-electron chi connectivity index (χ0n) is 14.7. The molecule has 6 nitrogen and oxygen atoms in total. The van der Waals surface area contributed by atoms with Crippen molar-refractivity contribution in [3.05, 3.63) is 57.2 Å². The van der Waals surface area contributed by atoms with E-state index in [4.69, 9.17) is 4.74 Å². The number of nitrogens with one attached hydrogen (secondary N) is 1. The maximum atomic E-state index is 13.8. The average molecular weight is 433 g/mol. The van der Waals surface area contributed by atoms with Gasteiger partial charge in [0.05, 0.1) is 35.1 Å². The first-order chi connectivity index (χ1) is 13.0. The summed E-state index contributed by atoms with van der Waals surface area (Å²) in [6.45, 7) is 3.10. The largest absolute Gasteiger partial charge is 0.378 e. The molecular formula is C19H18BrFN4O2. The van der Waals surface area contributed by atoms with Crippen LogP contribution in [0.25, 0.3) is 10.9 Å². The van der Waals surface area contributed by atoms with Crippen molar-refractivity contribution in [2.45, 2.75) is 0 Å². The fourth-order valence-electron chi connectivity index (χ4n) is 3.16. The zero-order chi connectivity index (χ0) is 19.0.